The molecule has 6 rings (SSSR count). The van der Waals surface area contributed by atoms with Crippen LogP contribution in [0.2, 0.25) is 0 Å². The number of aromatic nitrogens is 2. The zero-order valence-corrected chi connectivity index (χ0v) is 19.8. The fraction of sp³-hybridized carbons (Fsp3) is 0. The van der Waals surface area contributed by atoms with Crippen LogP contribution in [0.4, 0.5) is 0 Å². The smallest absolute Gasteiger partial charge is 0.115 e. The molecule has 0 spiro atoms. The van der Waals surface area contributed by atoms with E-state index < -0.39 is 0 Å². The molecule has 174 valence electrons. The first kappa shape index (κ1) is 22.9. The van der Waals surface area contributed by atoms with Crippen LogP contribution in [-0.2, 0) is 0 Å². The van der Waals surface area contributed by atoms with Crippen LogP contribution in [-0.4, -0.2) is 15.1 Å². The topological polar surface area (TPSA) is 48.9 Å². The molecular formula is C33H26N2O. The van der Waals surface area contributed by atoms with E-state index in [9.17, 15) is 5.11 Å². The Morgan fingerprint density at radius 1 is 0.417 bits per heavy atom. The van der Waals surface area contributed by atoms with E-state index in [2.05, 4.69) is 70.6 Å². The van der Waals surface area contributed by atoms with Gasteiger partial charge in [0.25, 0.3) is 0 Å². The number of aromatic hydroxyl groups is 1. The first-order valence-corrected chi connectivity index (χ1v) is 11.9. The fourth-order valence-corrected chi connectivity index (χ4v) is 4.07. The normalized spacial score (nSPS) is 10.3. The number of phenols is 1. The van der Waals surface area contributed by atoms with Crippen LogP contribution >= 0.6 is 0 Å². The molecule has 0 atom stereocenters. The Bertz CT molecular complexity index is 1440. The van der Waals surface area contributed by atoms with Gasteiger partial charge in [-0.05, 0) is 34.4 Å². The van der Waals surface area contributed by atoms with Crippen LogP contribution in [0, 0.1) is 0 Å². The maximum Gasteiger partial charge on any atom is 0.115 e. The highest BCUT2D eigenvalue weighted by Crippen LogP contribution is 2.28. The predicted octanol–water partition coefficient (Wildman–Crippen LogP) is 8.47. The van der Waals surface area contributed by atoms with Crippen LogP contribution in [0.15, 0.2) is 146 Å². The van der Waals surface area contributed by atoms with Gasteiger partial charge < -0.3 is 10.1 Å². The van der Waals surface area contributed by atoms with Gasteiger partial charge in [0.15, 0.2) is 0 Å². The molecular weight excluding hydrogens is 440 g/mol. The van der Waals surface area contributed by atoms with Crippen molar-refractivity contribution in [2.75, 3.05) is 0 Å². The molecule has 6 aromatic rings. The number of benzene rings is 5. The van der Waals surface area contributed by atoms with Crippen LogP contribution < -0.4 is 0 Å². The number of phenolic OH excluding ortho intramolecular Hbond substituents is 1. The third-order valence-corrected chi connectivity index (χ3v) is 5.94. The van der Waals surface area contributed by atoms with E-state index in [4.69, 9.17) is 0 Å². The summed E-state index contributed by atoms with van der Waals surface area (Å²) in [6.07, 6.45) is 1.74. The lowest BCUT2D eigenvalue weighted by molar-refractivity contribution is 0.475. The van der Waals surface area contributed by atoms with Gasteiger partial charge in [0, 0.05) is 11.1 Å². The van der Waals surface area contributed by atoms with Gasteiger partial charge in [0.1, 0.15) is 5.75 Å². The molecule has 1 heterocycles. The van der Waals surface area contributed by atoms with E-state index in [-0.39, 0.29) is 0 Å². The van der Waals surface area contributed by atoms with Crippen LogP contribution in [0.5, 0.6) is 5.75 Å². The SMILES string of the molecule is Oc1ccc(-c2ccc(-c3ccccc3)cc2)cc1.c1ccc(-c2nc[nH]c2-c2ccccc2)cc1. The number of nitrogens with zero attached hydrogens (tertiary/aromatic N) is 1. The highest BCUT2D eigenvalue weighted by Gasteiger charge is 2.09. The first-order chi connectivity index (χ1) is 17.8. The van der Waals surface area contributed by atoms with Crippen molar-refractivity contribution < 1.29 is 5.11 Å². The number of aromatic amines is 1. The number of rotatable bonds is 4. The maximum absolute atomic E-state index is 9.30. The second-order valence-electron chi connectivity index (χ2n) is 8.35. The Labute approximate surface area is 211 Å². The number of hydrogen-bond acceptors (Lipinski definition) is 2. The maximum atomic E-state index is 9.30. The molecule has 3 heteroatoms. The summed E-state index contributed by atoms with van der Waals surface area (Å²) >= 11 is 0. The molecule has 0 aliphatic rings. The second kappa shape index (κ2) is 11.0. The van der Waals surface area contributed by atoms with E-state index in [0.717, 1.165) is 33.6 Å². The van der Waals surface area contributed by atoms with E-state index in [1.54, 1.807) is 18.5 Å². The van der Waals surface area contributed by atoms with Gasteiger partial charge in [-0.25, -0.2) is 4.98 Å². The monoisotopic (exact) mass is 466 g/mol. The van der Waals surface area contributed by atoms with Gasteiger partial charge >= 0.3 is 0 Å². The summed E-state index contributed by atoms with van der Waals surface area (Å²) in [5, 5.41) is 9.30. The minimum atomic E-state index is 0.296. The molecule has 3 nitrogen and oxygen atoms in total. The van der Waals surface area contributed by atoms with Gasteiger partial charge in [0.2, 0.25) is 0 Å². The molecule has 0 bridgehead atoms. The van der Waals surface area contributed by atoms with E-state index in [1.807, 2.05) is 66.7 Å². The van der Waals surface area contributed by atoms with Crippen molar-refractivity contribution in [3.63, 3.8) is 0 Å². The Hall–Kier alpha value is -4.89. The molecule has 0 aliphatic carbocycles. The van der Waals surface area contributed by atoms with Crippen molar-refractivity contribution in [1.82, 2.24) is 9.97 Å². The highest BCUT2D eigenvalue weighted by atomic mass is 16.3. The highest BCUT2D eigenvalue weighted by molar-refractivity contribution is 5.77. The molecule has 0 fully saturated rings. The molecule has 1 aromatic heterocycles. The number of hydrogen-bond donors (Lipinski definition) is 2. The summed E-state index contributed by atoms with van der Waals surface area (Å²) in [7, 11) is 0. The van der Waals surface area contributed by atoms with Gasteiger partial charge in [0.05, 0.1) is 17.7 Å². The van der Waals surface area contributed by atoms with Gasteiger partial charge in [-0.1, -0.05) is 127 Å². The summed E-state index contributed by atoms with van der Waals surface area (Å²) in [4.78, 5) is 7.62. The lowest BCUT2D eigenvalue weighted by Crippen LogP contribution is -1.82. The second-order valence-corrected chi connectivity index (χ2v) is 8.35. The molecule has 0 amide bonds. The number of H-pyrrole nitrogens is 1. The molecule has 0 aliphatic heterocycles. The molecule has 0 saturated heterocycles. The first-order valence-electron chi connectivity index (χ1n) is 11.9. The van der Waals surface area contributed by atoms with Crippen LogP contribution in [0.1, 0.15) is 0 Å². The lowest BCUT2D eigenvalue weighted by atomic mass is 10.0. The van der Waals surface area contributed by atoms with Crippen LogP contribution in [0.3, 0.4) is 0 Å². The van der Waals surface area contributed by atoms with E-state index in [1.165, 1.54) is 11.1 Å². The Morgan fingerprint density at radius 3 is 1.31 bits per heavy atom. The van der Waals surface area contributed by atoms with Crippen molar-refractivity contribution in [1.29, 1.82) is 0 Å². The zero-order valence-electron chi connectivity index (χ0n) is 19.8. The predicted molar refractivity (Wildman–Crippen MR) is 148 cm³/mol. The third-order valence-electron chi connectivity index (χ3n) is 5.94. The minimum absolute atomic E-state index is 0.296. The Morgan fingerprint density at radius 2 is 0.806 bits per heavy atom. The number of nitrogens with one attached hydrogen (secondary N) is 1. The standard InChI is InChI=1S/C18H14O.C15H12N2/c19-18-12-10-17(11-13-18)16-8-6-15(7-9-16)14-4-2-1-3-5-14;1-3-7-12(8-4-1)14-15(17-11-16-14)13-9-5-2-6-10-13/h1-13,19H;1-11H,(H,16,17). The summed E-state index contributed by atoms with van der Waals surface area (Å²) in [6.45, 7) is 0. The fourth-order valence-electron chi connectivity index (χ4n) is 4.07. The Kier molecular flexibility index (Phi) is 7.01. The Balaban J connectivity index is 0.000000149. The quantitative estimate of drug-likeness (QED) is 0.274. The van der Waals surface area contributed by atoms with Gasteiger partial charge in [-0.2, -0.15) is 0 Å². The molecule has 36 heavy (non-hydrogen) atoms. The average molecular weight is 467 g/mol. The molecule has 0 saturated carbocycles. The van der Waals surface area contributed by atoms with Crippen molar-refractivity contribution >= 4 is 0 Å². The summed E-state index contributed by atoms with van der Waals surface area (Å²) < 4.78 is 0. The van der Waals surface area contributed by atoms with E-state index >= 15 is 0 Å². The molecule has 0 radical (unpaired) electrons. The summed E-state index contributed by atoms with van der Waals surface area (Å²) in [5.41, 5.74) is 9.05. The lowest BCUT2D eigenvalue weighted by Gasteiger charge is -2.05. The van der Waals surface area contributed by atoms with Gasteiger partial charge in [-0.3, -0.25) is 0 Å². The minimum Gasteiger partial charge on any atom is -0.508 e. The van der Waals surface area contributed by atoms with Crippen molar-refractivity contribution in [2.45, 2.75) is 0 Å². The summed E-state index contributed by atoms with van der Waals surface area (Å²) in [5.74, 6) is 0.296. The van der Waals surface area contributed by atoms with Gasteiger partial charge in [-0.15, -0.1) is 0 Å². The number of imidazole rings is 1. The molecule has 2 N–H and O–H groups in total. The van der Waals surface area contributed by atoms with Crippen molar-refractivity contribution in [3.8, 4) is 50.5 Å². The van der Waals surface area contributed by atoms with E-state index in [0.29, 0.717) is 5.75 Å². The molecule has 0 unspecified atom stereocenters. The average Bonchev–Trinajstić information content (AvgIpc) is 3.46. The largest absolute Gasteiger partial charge is 0.508 e. The van der Waals surface area contributed by atoms with Crippen LogP contribution in [0.25, 0.3) is 44.8 Å². The zero-order chi connectivity index (χ0) is 24.6. The molecule has 5 aromatic carbocycles. The summed E-state index contributed by atoms with van der Waals surface area (Å²) in [6, 6.07) is 46.5. The third kappa shape index (κ3) is 5.43. The van der Waals surface area contributed by atoms with Crippen molar-refractivity contribution in [2.24, 2.45) is 0 Å². The van der Waals surface area contributed by atoms with Crippen molar-refractivity contribution in [3.05, 3.63) is 146 Å².